The third kappa shape index (κ3) is 66.9. The number of rotatable bonds is 57. The Bertz CT molecular complexity index is 1990. The van der Waals surface area contributed by atoms with Crippen molar-refractivity contribution in [2.45, 2.75) is 258 Å². The SMILES string of the molecule is CC/C=C\C/C=C\C/C=C\C/C=C\C/C=C\C/C=C\C/C=C\C/C=C\CCCCCCC(=O)OCC(COC(=O)CCCCCCC/C=C\C/C=C\CCCCC)OC(=O)CCCC/C=C\C/C=C\C/C=C\C/C=C\C/C=C\C/C=C\CC. The number of carbonyl (C=O) groups is 3. The second-order valence-corrected chi connectivity index (χ2v) is 20.9. The van der Waals surface area contributed by atoms with E-state index in [9.17, 15) is 14.4 Å². The van der Waals surface area contributed by atoms with Crippen molar-refractivity contribution in [3.8, 4) is 0 Å². The van der Waals surface area contributed by atoms with E-state index in [0.29, 0.717) is 19.3 Å². The molecule has 0 fully saturated rings. The Hall–Kier alpha value is -5.75. The lowest BCUT2D eigenvalue weighted by atomic mass is 10.1. The lowest BCUT2D eigenvalue weighted by molar-refractivity contribution is -0.167. The van der Waals surface area contributed by atoms with Crippen LogP contribution in [0, 0.1) is 0 Å². The molecule has 462 valence electrons. The first-order valence-electron chi connectivity index (χ1n) is 32.9. The number of unbranched alkanes of at least 4 members (excludes halogenated alkanes) is 14. The second kappa shape index (κ2) is 68.7. The van der Waals surface area contributed by atoms with Crippen LogP contribution in [-0.2, 0) is 28.6 Å². The number of ether oxygens (including phenoxy) is 3. The van der Waals surface area contributed by atoms with Crippen LogP contribution in [0.25, 0.3) is 0 Å². The van der Waals surface area contributed by atoms with E-state index < -0.39 is 6.10 Å². The molecule has 0 aromatic carbocycles. The summed E-state index contributed by atoms with van der Waals surface area (Å²) in [5, 5.41) is 0. The van der Waals surface area contributed by atoms with Crippen LogP contribution < -0.4 is 0 Å². The normalized spacial score (nSPS) is 13.4. The molecule has 0 heterocycles. The van der Waals surface area contributed by atoms with Crippen molar-refractivity contribution in [3.05, 3.63) is 194 Å². The molecule has 0 radical (unpaired) electrons. The minimum Gasteiger partial charge on any atom is -0.462 e. The van der Waals surface area contributed by atoms with Crippen molar-refractivity contribution < 1.29 is 28.6 Å². The Kier molecular flexibility index (Phi) is 64.0. The van der Waals surface area contributed by atoms with Crippen LogP contribution in [0.2, 0.25) is 0 Å². The average Bonchev–Trinajstić information content (AvgIpc) is 3.49. The molecule has 83 heavy (non-hydrogen) atoms. The van der Waals surface area contributed by atoms with E-state index >= 15 is 0 Å². The summed E-state index contributed by atoms with van der Waals surface area (Å²) >= 11 is 0. The van der Waals surface area contributed by atoms with Crippen LogP contribution in [0.1, 0.15) is 252 Å². The van der Waals surface area contributed by atoms with Crippen molar-refractivity contribution in [3.63, 3.8) is 0 Å². The Balaban J connectivity index is 4.54. The molecule has 1 atom stereocenters. The molecule has 0 N–H and O–H groups in total. The molecule has 0 aliphatic heterocycles. The Morgan fingerprint density at radius 3 is 0.759 bits per heavy atom. The molecule has 0 amide bonds. The van der Waals surface area contributed by atoms with Gasteiger partial charge in [-0.25, -0.2) is 0 Å². The molecular formula is C77H118O6. The number of carbonyl (C=O) groups excluding carboxylic acids is 3. The molecule has 0 aliphatic rings. The van der Waals surface area contributed by atoms with Gasteiger partial charge < -0.3 is 14.2 Å². The monoisotopic (exact) mass is 1140 g/mol. The van der Waals surface area contributed by atoms with Crippen molar-refractivity contribution >= 4 is 17.9 Å². The molecule has 0 rings (SSSR count). The fourth-order valence-corrected chi connectivity index (χ4v) is 8.20. The van der Waals surface area contributed by atoms with Crippen molar-refractivity contribution in [1.82, 2.24) is 0 Å². The van der Waals surface area contributed by atoms with E-state index in [1.807, 2.05) is 0 Å². The van der Waals surface area contributed by atoms with E-state index in [-0.39, 0.29) is 37.5 Å². The molecular weight excluding hydrogens is 1020 g/mol. The van der Waals surface area contributed by atoms with Gasteiger partial charge in [0.1, 0.15) is 13.2 Å². The molecule has 6 nitrogen and oxygen atoms in total. The molecule has 1 unspecified atom stereocenters. The predicted octanol–water partition coefficient (Wildman–Crippen LogP) is 23.0. The van der Waals surface area contributed by atoms with Gasteiger partial charge in [0.05, 0.1) is 0 Å². The lowest BCUT2D eigenvalue weighted by Gasteiger charge is -2.18. The van der Waals surface area contributed by atoms with Gasteiger partial charge in [-0.05, 0) is 167 Å². The van der Waals surface area contributed by atoms with Crippen molar-refractivity contribution in [2.24, 2.45) is 0 Å². The van der Waals surface area contributed by atoms with Gasteiger partial charge in [-0.1, -0.05) is 260 Å². The Morgan fingerprint density at radius 2 is 0.470 bits per heavy atom. The molecule has 0 bridgehead atoms. The van der Waals surface area contributed by atoms with E-state index in [2.05, 4.69) is 215 Å². The standard InChI is InChI=1S/C77H118O6/c1-4-7-10-13-16-19-22-25-28-30-32-34-35-36-37-38-39-40-41-43-44-46-49-52-55-58-61-64-67-70-76(79)82-73-74(72-81-75(78)69-66-63-60-57-54-51-48-27-24-21-18-15-12-9-6-3)83-77(80)71-68-65-62-59-56-53-50-47-45-42-33-31-29-26-23-20-17-14-11-8-5-2/h7-8,10-11,16-21,25-29,32-34,36-37,39-40,42-44,47-50,52,56,59,74H,4-6,9,12-15,22-24,30-31,35,38,41,45-46,51,53-55,57-58,60-73H2,1-3H3/b10-7-,11-8-,19-16-,20-17-,21-18-,28-25-,29-26-,34-32-,37-36-,40-39-,42-33-,44-43-,48-27-,50-47-,52-49-,59-56-. The third-order valence-corrected chi connectivity index (χ3v) is 13.1. The fraction of sp³-hybridized carbons (Fsp3) is 0.545. The predicted molar refractivity (Wildman–Crippen MR) is 361 cm³/mol. The summed E-state index contributed by atoms with van der Waals surface area (Å²) in [6.07, 6.45) is 104. The first-order chi connectivity index (χ1) is 41.0. The van der Waals surface area contributed by atoms with Gasteiger partial charge in [0, 0.05) is 19.3 Å². The first kappa shape index (κ1) is 77.2. The van der Waals surface area contributed by atoms with Crippen LogP contribution in [0.5, 0.6) is 0 Å². The molecule has 0 saturated heterocycles. The topological polar surface area (TPSA) is 78.9 Å². The van der Waals surface area contributed by atoms with Gasteiger partial charge in [-0.3, -0.25) is 14.4 Å². The lowest BCUT2D eigenvalue weighted by Crippen LogP contribution is -2.30. The third-order valence-electron chi connectivity index (χ3n) is 13.1. The number of esters is 3. The summed E-state index contributed by atoms with van der Waals surface area (Å²) < 4.78 is 16.9. The number of hydrogen-bond acceptors (Lipinski definition) is 6. The highest BCUT2D eigenvalue weighted by atomic mass is 16.6. The molecule has 0 spiro atoms. The van der Waals surface area contributed by atoms with Gasteiger partial charge >= 0.3 is 17.9 Å². The maximum Gasteiger partial charge on any atom is 0.306 e. The molecule has 0 aromatic rings. The van der Waals surface area contributed by atoms with Gasteiger partial charge in [0.2, 0.25) is 0 Å². The van der Waals surface area contributed by atoms with Crippen LogP contribution in [0.3, 0.4) is 0 Å². The summed E-state index contributed by atoms with van der Waals surface area (Å²) in [5.74, 6) is -1.01. The van der Waals surface area contributed by atoms with Gasteiger partial charge in [-0.2, -0.15) is 0 Å². The minimum atomic E-state index is -0.832. The maximum atomic E-state index is 12.9. The highest BCUT2D eigenvalue weighted by Gasteiger charge is 2.19. The van der Waals surface area contributed by atoms with Crippen LogP contribution >= 0.6 is 0 Å². The zero-order valence-corrected chi connectivity index (χ0v) is 52.9. The Labute approximate surface area is 509 Å². The summed E-state index contributed by atoms with van der Waals surface area (Å²) in [6.45, 7) is 6.30. The molecule has 6 heteroatoms. The number of hydrogen-bond donors (Lipinski definition) is 0. The van der Waals surface area contributed by atoms with E-state index in [0.717, 1.165) is 180 Å². The van der Waals surface area contributed by atoms with Crippen molar-refractivity contribution in [2.75, 3.05) is 13.2 Å². The van der Waals surface area contributed by atoms with Crippen molar-refractivity contribution in [1.29, 1.82) is 0 Å². The fourth-order valence-electron chi connectivity index (χ4n) is 8.20. The zero-order chi connectivity index (χ0) is 59.9. The number of allylic oxidation sites excluding steroid dienone is 32. The van der Waals surface area contributed by atoms with E-state index in [1.54, 1.807) is 0 Å². The van der Waals surface area contributed by atoms with Gasteiger partial charge in [0.15, 0.2) is 6.10 Å². The van der Waals surface area contributed by atoms with Crippen LogP contribution in [-0.4, -0.2) is 37.2 Å². The summed E-state index contributed by atoms with van der Waals surface area (Å²) in [5.41, 5.74) is 0. The van der Waals surface area contributed by atoms with Gasteiger partial charge in [0.25, 0.3) is 0 Å². The molecule has 0 aromatic heterocycles. The highest BCUT2D eigenvalue weighted by molar-refractivity contribution is 5.71. The summed E-state index contributed by atoms with van der Waals surface area (Å²) in [7, 11) is 0. The van der Waals surface area contributed by atoms with E-state index in [4.69, 9.17) is 14.2 Å². The molecule has 0 aliphatic carbocycles. The molecule has 0 saturated carbocycles. The smallest absolute Gasteiger partial charge is 0.306 e. The summed E-state index contributed by atoms with van der Waals surface area (Å²) in [6, 6.07) is 0. The highest BCUT2D eigenvalue weighted by Crippen LogP contribution is 2.13. The Morgan fingerprint density at radius 1 is 0.253 bits per heavy atom. The second-order valence-electron chi connectivity index (χ2n) is 20.9. The maximum absolute atomic E-state index is 12.9. The summed E-state index contributed by atoms with van der Waals surface area (Å²) in [4.78, 5) is 38.4. The first-order valence-corrected chi connectivity index (χ1v) is 32.9. The minimum absolute atomic E-state index is 0.122. The van der Waals surface area contributed by atoms with Crippen LogP contribution in [0.15, 0.2) is 194 Å². The van der Waals surface area contributed by atoms with Crippen LogP contribution in [0.4, 0.5) is 0 Å². The zero-order valence-electron chi connectivity index (χ0n) is 52.9. The largest absolute Gasteiger partial charge is 0.462 e. The van der Waals surface area contributed by atoms with E-state index in [1.165, 1.54) is 25.7 Å². The average molecular weight is 1140 g/mol. The quantitative estimate of drug-likeness (QED) is 0.0261. The van der Waals surface area contributed by atoms with Gasteiger partial charge in [-0.15, -0.1) is 0 Å².